The van der Waals surface area contributed by atoms with E-state index >= 15 is 0 Å². The number of nitrogens with one attached hydrogen (secondary N) is 1. The van der Waals surface area contributed by atoms with Gasteiger partial charge in [-0.1, -0.05) is 25.1 Å². The van der Waals surface area contributed by atoms with Gasteiger partial charge in [-0.15, -0.1) is 13.2 Å². The molecule has 2 unspecified atom stereocenters. The number of hydrogen-bond donors (Lipinski definition) is 1. The van der Waals surface area contributed by atoms with Crippen LogP contribution >= 0.6 is 0 Å². The van der Waals surface area contributed by atoms with E-state index in [2.05, 4.69) is 10.1 Å². The lowest BCUT2D eigenvalue weighted by Gasteiger charge is -2.37. The molecule has 120 valence electrons. The molecule has 0 radical (unpaired) electrons. The zero-order chi connectivity index (χ0) is 16.1. The maximum absolute atomic E-state index is 12.5. The molecule has 21 heavy (non-hydrogen) atoms. The van der Waals surface area contributed by atoms with Crippen molar-refractivity contribution in [3.8, 4) is 5.75 Å². The van der Waals surface area contributed by atoms with Crippen molar-refractivity contribution in [2.45, 2.75) is 45.2 Å². The predicted molar refractivity (Wildman–Crippen MR) is 75.2 cm³/mol. The Kier molecular flexibility index (Phi) is 6.04. The first kappa shape index (κ1) is 17.8. The molecule has 0 heterocycles. The molecule has 0 aliphatic heterocycles. The SMILES string of the molecule is CCOC(C)(CC)C(NC)c1ccccc1OC(F)(F)F. The fraction of sp³-hybridized carbons (Fsp3) is 0.600. The molecule has 1 N–H and O–H groups in total. The Balaban J connectivity index is 3.22. The lowest BCUT2D eigenvalue weighted by atomic mass is 9.87. The molecule has 0 aliphatic carbocycles. The number of likely N-dealkylation sites (N-methyl/N-ethyl adjacent to an activating group) is 1. The minimum atomic E-state index is -4.72. The summed E-state index contributed by atoms with van der Waals surface area (Å²) in [5.41, 5.74) is -0.204. The zero-order valence-corrected chi connectivity index (χ0v) is 12.8. The highest BCUT2D eigenvalue weighted by Gasteiger charge is 2.38. The van der Waals surface area contributed by atoms with E-state index in [0.29, 0.717) is 18.6 Å². The molecule has 1 rings (SSSR count). The average Bonchev–Trinajstić information content (AvgIpc) is 2.40. The summed E-state index contributed by atoms with van der Waals surface area (Å²) in [5, 5.41) is 3.05. The smallest absolute Gasteiger partial charge is 0.405 e. The summed E-state index contributed by atoms with van der Waals surface area (Å²) in [4.78, 5) is 0. The molecule has 3 nitrogen and oxygen atoms in total. The van der Waals surface area contributed by atoms with E-state index in [1.54, 1.807) is 19.2 Å². The average molecular weight is 305 g/mol. The van der Waals surface area contributed by atoms with E-state index in [4.69, 9.17) is 4.74 Å². The van der Waals surface area contributed by atoms with Crippen LogP contribution in [0.1, 0.15) is 38.8 Å². The number of ether oxygens (including phenoxy) is 2. The third-order valence-corrected chi connectivity index (χ3v) is 3.53. The van der Waals surface area contributed by atoms with Crippen molar-refractivity contribution in [2.24, 2.45) is 0 Å². The summed E-state index contributed by atoms with van der Waals surface area (Å²) in [6, 6.07) is 5.72. The first-order valence-corrected chi connectivity index (χ1v) is 6.93. The maximum Gasteiger partial charge on any atom is 0.573 e. The molecule has 0 aromatic heterocycles. The second-order valence-corrected chi connectivity index (χ2v) is 4.91. The monoisotopic (exact) mass is 305 g/mol. The summed E-state index contributed by atoms with van der Waals surface area (Å²) >= 11 is 0. The molecule has 0 spiro atoms. The van der Waals surface area contributed by atoms with Gasteiger partial charge >= 0.3 is 6.36 Å². The van der Waals surface area contributed by atoms with Crippen molar-refractivity contribution in [3.05, 3.63) is 29.8 Å². The van der Waals surface area contributed by atoms with Gasteiger partial charge in [0.15, 0.2) is 0 Å². The van der Waals surface area contributed by atoms with E-state index in [9.17, 15) is 13.2 Å². The molecule has 2 atom stereocenters. The third-order valence-electron chi connectivity index (χ3n) is 3.53. The van der Waals surface area contributed by atoms with Gasteiger partial charge in [0.2, 0.25) is 0 Å². The Labute approximate surface area is 123 Å². The molecule has 0 bridgehead atoms. The number of alkyl halides is 3. The van der Waals surface area contributed by atoms with E-state index in [1.807, 2.05) is 20.8 Å². The van der Waals surface area contributed by atoms with Crippen LogP contribution in [0.3, 0.4) is 0 Å². The van der Waals surface area contributed by atoms with E-state index in [1.165, 1.54) is 12.1 Å². The van der Waals surface area contributed by atoms with Crippen molar-refractivity contribution < 1.29 is 22.6 Å². The van der Waals surface area contributed by atoms with Crippen LogP contribution in [0.2, 0.25) is 0 Å². The molecule has 1 aromatic rings. The van der Waals surface area contributed by atoms with Crippen molar-refractivity contribution in [3.63, 3.8) is 0 Å². The molecule has 0 saturated carbocycles. The summed E-state index contributed by atoms with van der Waals surface area (Å²) < 4.78 is 47.5. The molecule has 1 aromatic carbocycles. The molecule has 0 saturated heterocycles. The van der Waals surface area contributed by atoms with E-state index < -0.39 is 18.0 Å². The van der Waals surface area contributed by atoms with Crippen LogP contribution in [-0.2, 0) is 4.74 Å². The van der Waals surface area contributed by atoms with E-state index in [-0.39, 0.29) is 5.75 Å². The highest BCUT2D eigenvalue weighted by atomic mass is 19.4. The number of rotatable bonds is 7. The largest absolute Gasteiger partial charge is 0.573 e. The highest BCUT2D eigenvalue weighted by Crippen LogP contribution is 2.38. The van der Waals surface area contributed by atoms with E-state index in [0.717, 1.165) is 0 Å². The molecule has 0 fully saturated rings. The van der Waals surface area contributed by atoms with Gasteiger partial charge in [-0.25, -0.2) is 0 Å². The summed E-state index contributed by atoms with van der Waals surface area (Å²) in [6.45, 7) is 6.15. The fourth-order valence-corrected chi connectivity index (χ4v) is 2.45. The second-order valence-electron chi connectivity index (χ2n) is 4.91. The van der Waals surface area contributed by atoms with Crippen LogP contribution in [0.15, 0.2) is 24.3 Å². The maximum atomic E-state index is 12.5. The number of para-hydroxylation sites is 1. The van der Waals surface area contributed by atoms with Crippen LogP contribution < -0.4 is 10.1 Å². The first-order valence-electron chi connectivity index (χ1n) is 6.93. The van der Waals surface area contributed by atoms with Crippen LogP contribution in [-0.4, -0.2) is 25.6 Å². The third kappa shape index (κ3) is 4.61. The van der Waals surface area contributed by atoms with Gasteiger partial charge in [0.05, 0.1) is 11.6 Å². The molecule has 0 aliphatic rings. The van der Waals surface area contributed by atoms with Crippen molar-refractivity contribution in [1.29, 1.82) is 0 Å². The van der Waals surface area contributed by atoms with Crippen LogP contribution in [0.4, 0.5) is 13.2 Å². The topological polar surface area (TPSA) is 30.5 Å². The number of halogens is 3. The van der Waals surface area contributed by atoms with Crippen LogP contribution in [0.5, 0.6) is 5.75 Å². The standard InChI is InChI=1S/C15H22F3NO2/c1-5-14(3,20-6-2)13(19-4)11-9-7-8-10-12(11)21-15(16,17)18/h7-10,13,19H,5-6H2,1-4H3. The molecule has 6 heteroatoms. The second kappa shape index (κ2) is 7.13. The highest BCUT2D eigenvalue weighted by molar-refractivity contribution is 5.37. The van der Waals surface area contributed by atoms with Gasteiger partial charge in [0.1, 0.15) is 5.75 Å². The predicted octanol–water partition coefficient (Wildman–Crippen LogP) is 4.05. The molecular weight excluding hydrogens is 283 g/mol. The lowest BCUT2D eigenvalue weighted by Crippen LogP contribution is -2.42. The van der Waals surface area contributed by atoms with Crippen molar-refractivity contribution in [1.82, 2.24) is 5.32 Å². The Morgan fingerprint density at radius 3 is 2.29 bits per heavy atom. The Bertz CT molecular complexity index is 451. The first-order chi connectivity index (χ1) is 9.77. The van der Waals surface area contributed by atoms with Gasteiger partial charge in [0, 0.05) is 12.2 Å². The lowest BCUT2D eigenvalue weighted by molar-refractivity contribution is -0.275. The Morgan fingerprint density at radius 2 is 1.81 bits per heavy atom. The Hall–Kier alpha value is -1.27. The van der Waals surface area contributed by atoms with Crippen molar-refractivity contribution in [2.75, 3.05) is 13.7 Å². The summed E-state index contributed by atoms with van der Waals surface area (Å²) in [6.07, 6.45) is -4.07. The Morgan fingerprint density at radius 1 is 1.19 bits per heavy atom. The summed E-state index contributed by atoms with van der Waals surface area (Å²) in [5.74, 6) is -0.205. The normalized spacial score (nSPS) is 16.3. The minimum absolute atomic E-state index is 0.205. The van der Waals surface area contributed by atoms with Crippen LogP contribution in [0, 0.1) is 0 Å². The number of hydrogen-bond acceptors (Lipinski definition) is 3. The summed E-state index contributed by atoms with van der Waals surface area (Å²) in [7, 11) is 1.70. The van der Waals surface area contributed by atoms with Crippen molar-refractivity contribution >= 4 is 0 Å². The van der Waals surface area contributed by atoms with Gasteiger partial charge in [-0.05, 0) is 33.4 Å². The zero-order valence-electron chi connectivity index (χ0n) is 12.8. The quantitative estimate of drug-likeness (QED) is 0.824. The van der Waals surface area contributed by atoms with Gasteiger partial charge in [-0.3, -0.25) is 0 Å². The van der Waals surface area contributed by atoms with Crippen LogP contribution in [0.25, 0.3) is 0 Å². The molecular formula is C15H22F3NO2. The molecule has 0 amide bonds. The van der Waals surface area contributed by atoms with Gasteiger partial charge in [0.25, 0.3) is 0 Å². The van der Waals surface area contributed by atoms with Gasteiger partial charge in [-0.2, -0.15) is 0 Å². The van der Waals surface area contributed by atoms with Gasteiger partial charge < -0.3 is 14.8 Å². The minimum Gasteiger partial charge on any atom is -0.405 e. The fourth-order valence-electron chi connectivity index (χ4n) is 2.45. The number of benzene rings is 1.